The molecule has 3 N–H and O–H groups in total. The number of benzene rings is 1. The van der Waals surface area contributed by atoms with Gasteiger partial charge in [0.15, 0.2) is 0 Å². The summed E-state index contributed by atoms with van der Waals surface area (Å²) in [4.78, 5) is 24.6. The van der Waals surface area contributed by atoms with Crippen molar-refractivity contribution in [1.29, 1.82) is 0 Å². The Labute approximate surface area is 145 Å². The van der Waals surface area contributed by atoms with Gasteiger partial charge in [-0.05, 0) is 43.6 Å². The molecule has 0 aliphatic heterocycles. The molecule has 7 heteroatoms. The van der Waals surface area contributed by atoms with Gasteiger partial charge in [0.25, 0.3) is 5.91 Å². The Morgan fingerprint density at radius 1 is 1.04 bits per heavy atom. The lowest BCUT2D eigenvalue weighted by Gasteiger charge is -2.11. The van der Waals surface area contributed by atoms with Crippen LogP contribution in [-0.2, 0) is 4.79 Å². The Bertz CT molecular complexity index is 632. The molecule has 0 aliphatic rings. The largest absolute Gasteiger partial charge is 0.324 e. The molecule has 0 spiro atoms. The normalized spacial score (nSPS) is 9.78. The molecule has 0 radical (unpaired) electrons. The number of thiophene rings is 1. The summed E-state index contributed by atoms with van der Waals surface area (Å²) in [6.07, 6.45) is 1.21. The molecular weight excluding hydrogens is 334 g/mol. The SMILES string of the molecule is CNCCCC(=O)Nc1ccccc1NC(=O)c1cccs1.Cl. The summed E-state index contributed by atoms with van der Waals surface area (Å²) in [6.45, 7) is 0.796. The molecule has 0 bridgehead atoms. The molecule has 2 amide bonds. The minimum Gasteiger partial charge on any atom is -0.324 e. The van der Waals surface area contributed by atoms with Gasteiger partial charge in [-0.25, -0.2) is 0 Å². The predicted octanol–water partition coefficient (Wildman–Crippen LogP) is 3.36. The molecule has 0 unspecified atom stereocenters. The first-order valence-electron chi connectivity index (χ1n) is 7.09. The summed E-state index contributed by atoms with van der Waals surface area (Å²) < 4.78 is 0. The number of halogens is 1. The van der Waals surface area contributed by atoms with Crippen LogP contribution in [0.25, 0.3) is 0 Å². The number of hydrogen-bond donors (Lipinski definition) is 3. The van der Waals surface area contributed by atoms with E-state index < -0.39 is 0 Å². The molecule has 0 atom stereocenters. The maximum absolute atomic E-state index is 12.1. The van der Waals surface area contributed by atoms with E-state index in [1.165, 1.54) is 11.3 Å². The quantitative estimate of drug-likeness (QED) is 0.668. The van der Waals surface area contributed by atoms with Crippen LogP contribution in [0.15, 0.2) is 41.8 Å². The number of carbonyl (C=O) groups excluding carboxylic acids is 2. The average molecular weight is 354 g/mol. The van der Waals surface area contributed by atoms with Crippen molar-refractivity contribution >= 4 is 46.9 Å². The molecule has 1 aromatic heterocycles. The Hall–Kier alpha value is -1.89. The third-order valence-corrected chi connectivity index (χ3v) is 3.89. The van der Waals surface area contributed by atoms with Crippen LogP contribution in [-0.4, -0.2) is 25.4 Å². The van der Waals surface area contributed by atoms with Gasteiger partial charge < -0.3 is 16.0 Å². The Balaban J connectivity index is 0.00000264. The standard InChI is InChI=1S/C16H19N3O2S.ClH/c1-17-10-4-9-15(20)18-12-6-2-3-7-13(12)19-16(21)14-8-5-11-22-14;/h2-3,5-8,11,17H,4,9-10H2,1H3,(H,18,20)(H,19,21);1H. The first-order chi connectivity index (χ1) is 10.7. The molecule has 5 nitrogen and oxygen atoms in total. The minimum atomic E-state index is -0.174. The second-order valence-corrected chi connectivity index (χ2v) is 5.68. The van der Waals surface area contributed by atoms with Crippen molar-refractivity contribution in [2.75, 3.05) is 24.2 Å². The molecular formula is C16H20ClN3O2S. The lowest BCUT2D eigenvalue weighted by Crippen LogP contribution is -2.17. The van der Waals surface area contributed by atoms with E-state index in [9.17, 15) is 9.59 Å². The van der Waals surface area contributed by atoms with Crippen molar-refractivity contribution in [3.05, 3.63) is 46.7 Å². The summed E-state index contributed by atoms with van der Waals surface area (Å²) in [5.74, 6) is -0.236. The van der Waals surface area contributed by atoms with E-state index in [0.717, 1.165) is 13.0 Å². The average Bonchev–Trinajstić information content (AvgIpc) is 3.04. The third kappa shape index (κ3) is 6.02. The van der Waals surface area contributed by atoms with Crippen molar-refractivity contribution < 1.29 is 9.59 Å². The van der Waals surface area contributed by atoms with Crippen LogP contribution in [0.5, 0.6) is 0 Å². The van der Waals surface area contributed by atoms with E-state index in [2.05, 4.69) is 16.0 Å². The highest BCUT2D eigenvalue weighted by molar-refractivity contribution is 7.12. The smallest absolute Gasteiger partial charge is 0.265 e. The van der Waals surface area contributed by atoms with Crippen molar-refractivity contribution in [3.63, 3.8) is 0 Å². The van der Waals surface area contributed by atoms with Gasteiger partial charge >= 0.3 is 0 Å². The molecule has 0 saturated carbocycles. The zero-order valence-electron chi connectivity index (χ0n) is 12.8. The predicted molar refractivity (Wildman–Crippen MR) is 97.8 cm³/mol. The summed E-state index contributed by atoms with van der Waals surface area (Å²) in [7, 11) is 1.85. The van der Waals surface area contributed by atoms with E-state index >= 15 is 0 Å². The molecule has 1 aromatic carbocycles. The molecule has 0 saturated heterocycles. The summed E-state index contributed by atoms with van der Waals surface area (Å²) in [6, 6.07) is 10.8. The van der Waals surface area contributed by atoms with Gasteiger partial charge in [-0.15, -0.1) is 23.7 Å². The number of anilines is 2. The second kappa shape index (κ2) is 9.99. The van der Waals surface area contributed by atoms with E-state index in [4.69, 9.17) is 0 Å². The zero-order valence-corrected chi connectivity index (χ0v) is 14.4. The monoisotopic (exact) mass is 353 g/mol. The van der Waals surface area contributed by atoms with Gasteiger partial charge in [-0.3, -0.25) is 9.59 Å². The number of para-hydroxylation sites is 2. The molecule has 0 fully saturated rings. The summed E-state index contributed by atoms with van der Waals surface area (Å²) in [5, 5.41) is 10.5. The lowest BCUT2D eigenvalue weighted by molar-refractivity contribution is -0.116. The van der Waals surface area contributed by atoms with Crippen LogP contribution < -0.4 is 16.0 Å². The van der Waals surface area contributed by atoms with Crippen LogP contribution in [0.1, 0.15) is 22.5 Å². The minimum absolute atomic E-state index is 0. The van der Waals surface area contributed by atoms with Crippen LogP contribution in [0.4, 0.5) is 11.4 Å². The van der Waals surface area contributed by atoms with Gasteiger partial charge in [-0.2, -0.15) is 0 Å². The van der Waals surface area contributed by atoms with E-state index in [-0.39, 0.29) is 24.2 Å². The topological polar surface area (TPSA) is 70.2 Å². The summed E-state index contributed by atoms with van der Waals surface area (Å²) in [5.41, 5.74) is 1.21. The van der Waals surface area contributed by atoms with Crippen molar-refractivity contribution in [2.45, 2.75) is 12.8 Å². The number of carbonyl (C=O) groups is 2. The van der Waals surface area contributed by atoms with E-state index in [0.29, 0.717) is 22.7 Å². The molecule has 1 heterocycles. The van der Waals surface area contributed by atoms with Gasteiger partial charge in [-0.1, -0.05) is 18.2 Å². The lowest BCUT2D eigenvalue weighted by atomic mass is 10.2. The maximum Gasteiger partial charge on any atom is 0.265 e. The van der Waals surface area contributed by atoms with Crippen molar-refractivity contribution in [1.82, 2.24) is 5.32 Å². The number of amides is 2. The van der Waals surface area contributed by atoms with Gasteiger partial charge in [0, 0.05) is 6.42 Å². The Morgan fingerprint density at radius 2 is 1.74 bits per heavy atom. The van der Waals surface area contributed by atoms with Gasteiger partial charge in [0.1, 0.15) is 0 Å². The van der Waals surface area contributed by atoms with Crippen molar-refractivity contribution in [3.8, 4) is 0 Å². The molecule has 23 heavy (non-hydrogen) atoms. The van der Waals surface area contributed by atoms with Crippen LogP contribution in [0, 0.1) is 0 Å². The van der Waals surface area contributed by atoms with E-state index in [1.807, 2.05) is 30.6 Å². The van der Waals surface area contributed by atoms with Crippen LogP contribution in [0.2, 0.25) is 0 Å². The molecule has 124 valence electrons. The van der Waals surface area contributed by atoms with Gasteiger partial charge in [0.2, 0.25) is 5.91 Å². The highest BCUT2D eigenvalue weighted by Crippen LogP contribution is 2.22. The molecule has 0 aliphatic carbocycles. The number of rotatable bonds is 7. The van der Waals surface area contributed by atoms with Crippen LogP contribution in [0.3, 0.4) is 0 Å². The fourth-order valence-corrected chi connectivity index (χ4v) is 2.55. The molecule has 2 rings (SSSR count). The van der Waals surface area contributed by atoms with Crippen molar-refractivity contribution in [2.24, 2.45) is 0 Å². The number of nitrogens with one attached hydrogen (secondary N) is 3. The first-order valence-corrected chi connectivity index (χ1v) is 7.97. The fourth-order valence-electron chi connectivity index (χ4n) is 1.93. The molecule has 2 aromatic rings. The highest BCUT2D eigenvalue weighted by Gasteiger charge is 2.11. The summed E-state index contributed by atoms with van der Waals surface area (Å²) >= 11 is 1.38. The van der Waals surface area contributed by atoms with E-state index in [1.54, 1.807) is 18.2 Å². The maximum atomic E-state index is 12.1. The second-order valence-electron chi connectivity index (χ2n) is 4.73. The highest BCUT2D eigenvalue weighted by atomic mass is 35.5. The first kappa shape index (κ1) is 19.2. The number of hydrogen-bond acceptors (Lipinski definition) is 4. The van der Waals surface area contributed by atoms with Crippen LogP contribution >= 0.6 is 23.7 Å². The third-order valence-electron chi connectivity index (χ3n) is 3.02. The fraction of sp³-hybridized carbons (Fsp3) is 0.250. The Morgan fingerprint density at radius 3 is 2.35 bits per heavy atom. The van der Waals surface area contributed by atoms with Gasteiger partial charge in [0.05, 0.1) is 16.3 Å². The Kier molecular flexibility index (Phi) is 8.32. The zero-order chi connectivity index (χ0) is 15.8.